The van der Waals surface area contributed by atoms with E-state index < -0.39 is 0 Å². The van der Waals surface area contributed by atoms with E-state index in [1.807, 2.05) is 16.9 Å². The Hall–Kier alpha value is -1.36. The summed E-state index contributed by atoms with van der Waals surface area (Å²) in [5.74, 6) is 0.185. The van der Waals surface area contributed by atoms with Crippen molar-refractivity contribution in [3.63, 3.8) is 0 Å². The molecule has 0 bridgehead atoms. The highest BCUT2D eigenvalue weighted by Crippen LogP contribution is 2.18. The second-order valence-corrected chi connectivity index (χ2v) is 5.64. The van der Waals surface area contributed by atoms with Gasteiger partial charge < -0.3 is 10.2 Å². The van der Waals surface area contributed by atoms with E-state index >= 15 is 0 Å². The Morgan fingerprint density at radius 1 is 1.45 bits per heavy atom. The second kappa shape index (κ2) is 8.04. The van der Waals surface area contributed by atoms with Crippen molar-refractivity contribution >= 4 is 5.91 Å². The third kappa shape index (κ3) is 4.96. The molecule has 0 spiro atoms. The normalized spacial score (nSPS) is 19.9. The van der Waals surface area contributed by atoms with Crippen LogP contribution in [0.5, 0.6) is 0 Å². The van der Waals surface area contributed by atoms with Gasteiger partial charge in [0.25, 0.3) is 0 Å². The van der Waals surface area contributed by atoms with E-state index in [-0.39, 0.29) is 5.91 Å². The summed E-state index contributed by atoms with van der Waals surface area (Å²) >= 11 is 0. The Balaban J connectivity index is 1.53. The molecule has 1 atom stereocenters. The predicted octanol–water partition coefficient (Wildman–Crippen LogP) is 1.65. The van der Waals surface area contributed by atoms with Crippen molar-refractivity contribution in [2.24, 2.45) is 0 Å². The molecule has 1 aliphatic rings. The summed E-state index contributed by atoms with van der Waals surface area (Å²) in [5.41, 5.74) is 0. The first-order valence-electron chi connectivity index (χ1n) is 7.70. The van der Waals surface area contributed by atoms with Crippen LogP contribution in [0.3, 0.4) is 0 Å². The van der Waals surface area contributed by atoms with Crippen LogP contribution >= 0.6 is 0 Å². The summed E-state index contributed by atoms with van der Waals surface area (Å²) in [5, 5.41) is 7.14. The maximum atomic E-state index is 11.8. The van der Waals surface area contributed by atoms with Gasteiger partial charge in [0.2, 0.25) is 5.91 Å². The number of rotatable bonds is 7. The van der Waals surface area contributed by atoms with Gasteiger partial charge in [-0.15, -0.1) is 0 Å². The number of nitrogens with one attached hydrogen (secondary N) is 1. The number of aromatic nitrogens is 2. The first-order chi connectivity index (χ1) is 9.75. The maximum absolute atomic E-state index is 11.8. The third-order valence-corrected chi connectivity index (χ3v) is 4.07. The number of likely N-dealkylation sites (tertiary alicyclic amines) is 1. The van der Waals surface area contributed by atoms with Gasteiger partial charge in [0, 0.05) is 37.9 Å². The molecule has 0 saturated carbocycles. The van der Waals surface area contributed by atoms with Gasteiger partial charge in [-0.05, 0) is 45.3 Å². The minimum absolute atomic E-state index is 0.185. The monoisotopic (exact) mass is 278 g/mol. The summed E-state index contributed by atoms with van der Waals surface area (Å²) in [4.78, 5) is 14.2. The quantitative estimate of drug-likeness (QED) is 0.772. The maximum Gasteiger partial charge on any atom is 0.220 e. The van der Waals surface area contributed by atoms with Crippen molar-refractivity contribution < 1.29 is 4.79 Å². The lowest BCUT2D eigenvalue weighted by molar-refractivity contribution is -0.121. The lowest BCUT2D eigenvalue weighted by Crippen LogP contribution is -2.37. The fourth-order valence-electron chi connectivity index (χ4n) is 2.80. The van der Waals surface area contributed by atoms with Crippen molar-refractivity contribution in [2.75, 3.05) is 20.1 Å². The standard InChI is InChI=1S/C15H26N4O/c1-18-11-3-2-6-14(18)7-8-15(20)16-9-4-12-19-13-5-10-17-19/h5,10,13-14H,2-4,6-9,11-12H2,1H3,(H,16,20)/t14-/m1/s1. The number of carbonyl (C=O) groups is 1. The van der Waals surface area contributed by atoms with Gasteiger partial charge in [0.1, 0.15) is 0 Å². The molecule has 1 aliphatic heterocycles. The molecule has 0 radical (unpaired) electrons. The molecule has 1 amide bonds. The fourth-order valence-corrected chi connectivity index (χ4v) is 2.80. The van der Waals surface area contributed by atoms with Crippen LogP contribution in [0.2, 0.25) is 0 Å². The van der Waals surface area contributed by atoms with Crippen LogP contribution in [0.4, 0.5) is 0 Å². The topological polar surface area (TPSA) is 50.2 Å². The molecular formula is C15H26N4O. The third-order valence-electron chi connectivity index (χ3n) is 4.07. The van der Waals surface area contributed by atoms with Crippen LogP contribution < -0.4 is 5.32 Å². The Labute approximate surface area is 121 Å². The molecule has 1 fully saturated rings. The van der Waals surface area contributed by atoms with E-state index in [9.17, 15) is 4.79 Å². The van der Waals surface area contributed by atoms with Gasteiger partial charge in [-0.1, -0.05) is 6.42 Å². The van der Waals surface area contributed by atoms with Gasteiger partial charge >= 0.3 is 0 Å². The molecule has 0 aliphatic carbocycles. The largest absolute Gasteiger partial charge is 0.356 e. The molecule has 2 heterocycles. The Bertz CT molecular complexity index is 391. The van der Waals surface area contributed by atoms with Crippen LogP contribution in [0.25, 0.3) is 0 Å². The SMILES string of the molecule is CN1CCCC[C@@H]1CCC(=O)NCCCn1cccn1. The smallest absolute Gasteiger partial charge is 0.220 e. The number of hydrogen-bond acceptors (Lipinski definition) is 3. The molecule has 1 aromatic heterocycles. The van der Waals surface area contributed by atoms with Crippen molar-refractivity contribution in [3.8, 4) is 0 Å². The lowest BCUT2D eigenvalue weighted by Gasteiger charge is -2.32. The molecule has 1 N–H and O–H groups in total. The zero-order valence-corrected chi connectivity index (χ0v) is 12.4. The highest BCUT2D eigenvalue weighted by Gasteiger charge is 2.19. The van der Waals surface area contributed by atoms with E-state index in [0.717, 1.165) is 25.9 Å². The van der Waals surface area contributed by atoms with Crippen LogP contribution in [-0.2, 0) is 11.3 Å². The summed E-state index contributed by atoms with van der Waals surface area (Å²) in [6, 6.07) is 2.51. The molecule has 0 aromatic carbocycles. The number of amides is 1. The highest BCUT2D eigenvalue weighted by atomic mass is 16.1. The van der Waals surface area contributed by atoms with Crippen molar-refractivity contribution in [2.45, 2.75) is 51.1 Å². The highest BCUT2D eigenvalue weighted by molar-refractivity contribution is 5.75. The van der Waals surface area contributed by atoms with E-state index in [1.165, 1.54) is 25.8 Å². The number of piperidine rings is 1. The average molecular weight is 278 g/mol. The van der Waals surface area contributed by atoms with Crippen molar-refractivity contribution in [1.82, 2.24) is 20.0 Å². The summed E-state index contributed by atoms with van der Waals surface area (Å²) in [6.07, 6.45) is 10.1. The van der Waals surface area contributed by atoms with Crippen LogP contribution in [0, 0.1) is 0 Å². The minimum Gasteiger partial charge on any atom is -0.356 e. The summed E-state index contributed by atoms with van der Waals surface area (Å²) < 4.78 is 1.89. The zero-order chi connectivity index (χ0) is 14.2. The zero-order valence-electron chi connectivity index (χ0n) is 12.4. The summed E-state index contributed by atoms with van der Waals surface area (Å²) in [6.45, 7) is 2.77. The van der Waals surface area contributed by atoms with Crippen LogP contribution in [-0.4, -0.2) is 46.8 Å². The van der Waals surface area contributed by atoms with Crippen LogP contribution in [0.1, 0.15) is 38.5 Å². The van der Waals surface area contributed by atoms with Gasteiger partial charge in [0.05, 0.1) is 0 Å². The molecular weight excluding hydrogens is 252 g/mol. The number of nitrogens with zero attached hydrogens (tertiary/aromatic N) is 3. The minimum atomic E-state index is 0.185. The molecule has 5 heteroatoms. The van der Waals surface area contributed by atoms with Crippen LogP contribution in [0.15, 0.2) is 18.5 Å². The molecule has 20 heavy (non-hydrogen) atoms. The molecule has 0 unspecified atom stereocenters. The number of carbonyl (C=O) groups excluding carboxylic acids is 1. The first-order valence-corrected chi connectivity index (χ1v) is 7.70. The van der Waals surface area contributed by atoms with Gasteiger partial charge in [-0.3, -0.25) is 9.48 Å². The molecule has 1 saturated heterocycles. The van der Waals surface area contributed by atoms with Gasteiger partial charge in [-0.25, -0.2) is 0 Å². The van der Waals surface area contributed by atoms with Crippen molar-refractivity contribution in [1.29, 1.82) is 0 Å². The average Bonchev–Trinajstić information content (AvgIpc) is 2.96. The number of hydrogen-bond donors (Lipinski definition) is 1. The molecule has 112 valence electrons. The van der Waals surface area contributed by atoms with E-state index in [1.54, 1.807) is 6.20 Å². The Morgan fingerprint density at radius 3 is 3.10 bits per heavy atom. The number of aryl methyl sites for hydroxylation is 1. The van der Waals surface area contributed by atoms with E-state index in [2.05, 4.69) is 22.4 Å². The predicted molar refractivity (Wildman–Crippen MR) is 79.4 cm³/mol. The Kier molecular flexibility index (Phi) is 6.05. The lowest BCUT2D eigenvalue weighted by atomic mass is 9.98. The first kappa shape index (κ1) is 15.0. The van der Waals surface area contributed by atoms with Gasteiger partial charge in [0.15, 0.2) is 0 Å². The molecule has 5 nitrogen and oxygen atoms in total. The molecule has 1 aromatic rings. The summed E-state index contributed by atoms with van der Waals surface area (Å²) in [7, 11) is 2.17. The molecule has 2 rings (SSSR count). The second-order valence-electron chi connectivity index (χ2n) is 5.64. The van der Waals surface area contributed by atoms with E-state index in [4.69, 9.17) is 0 Å². The Morgan fingerprint density at radius 2 is 2.35 bits per heavy atom. The fraction of sp³-hybridized carbons (Fsp3) is 0.733. The van der Waals surface area contributed by atoms with Crippen molar-refractivity contribution in [3.05, 3.63) is 18.5 Å². The van der Waals surface area contributed by atoms with E-state index in [0.29, 0.717) is 12.5 Å². The van der Waals surface area contributed by atoms with Gasteiger partial charge in [-0.2, -0.15) is 5.10 Å².